The minimum Gasteiger partial charge on any atom is -0.491 e. The van der Waals surface area contributed by atoms with Gasteiger partial charge in [0.15, 0.2) is 0 Å². The number of benzene rings is 2. The second-order valence-corrected chi connectivity index (χ2v) is 10.9. The molecule has 2 aromatic carbocycles. The summed E-state index contributed by atoms with van der Waals surface area (Å²) in [5.41, 5.74) is 1.07. The average Bonchev–Trinajstić information content (AvgIpc) is 3.39. The molecule has 2 atom stereocenters. The molecule has 1 aromatic heterocycles. The van der Waals surface area contributed by atoms with E-state index in [0.29, 0.717) is 18.0 Å². The molecule has 3 N–H and O–H groups in total. The zero-order chi connectivity index (χ0) is 28.5. The Labute approximate surface area is 230 Å². The quantitative estimate of drug-likeness (QED) is 0.240. The molecule has 0 aliphatic heterocycles. The van der Waals surface area contributed by atoms with Crippen molar-refractivity contribution in [3.63, 3.8) is 0 Å². The van der Waals surface area contributed by atoms with Crippen LogP contribution in [0, 0.1) is 0 Å². The van der Waals surface area contributed by atoms with Crippen molar-refractivity contribution in [3.05, 3.63) is 83.8 Å². The zero-order valence-electron chi connectivity index (χ0n) is 23.5. The smallest absolute Gasteiger partial charge is 0.320 e. The molecule has 0 amide bonds. The summed E-state index contributed by atoms with van der Waals surface area (Å²) in [6.45, 7) is 10.3. The van der Waals surface area contributed by atoms with Gasteiger partial charge in [-0.2, -0.15) is 0 Å². The van der Waals surface area contributed by atoms with E-state index in [-0.39, 0.29) is 31.6 Å². The van der Waals surface area contributed by atoms with E-state index in [4.69, 9.17) is 18.6 Å². The summed E-state index contributed by atoms with van der Waals surface area (Å²) in [4.78, 5) is 12.0. The van der Waals surface area contributed by atoms with Gasteiger partial charge in [0.1, 0.15) is 36.1 Å². The first-order chi connectivity index (χ1) is 18.4. The number of esters is 1. The van der Waals surface area contributed by atoms with Gasteiger partial charge in [-0.15, -0.1) is 0 Å². The van der Waals surface area contributed by atoms with E-state index >= 15 is 0 Å². The topological polar surface area (TPSA) is 110 Å². The summed E-state index contributed by atoms with van der Waals surface area (Å²) in [7, 11) is 0. The van der Waals surface area contributed by atoms with E-state index in [0.717, 1.165) is 16.9 Å². The molecule has 0 radical (unpaired) electrons. The summed E-state index contributed by atoms with van der Waals surface area (Å²) in [6.07, 6.45) is 0.427. The van der Waals surface area contributed by atoms with Gasteiger partial charge in [0.05, 0.1) is 31.6 Å². The summed E-state index contributed by atoms with van der Waals surface area (Å²) in [5, 5.41) is 23.0. The molecule has 3 aromatic rings. The van der Waals surface area contributed by atoms with Gasteiger partial charge in [-0.25, -0.2) is 0 Å². The van der Waals surface area contributed by atoms with Crippen LogP contribution in [0.1, 0.15) is 57.9 Å². The molecule has 212 valence electrons. The Kier molecular flexibility index (Phi) is 10.6. The molecule has 0 fully saturated rings. The molecule has 0 aliphatic rings. The lowest BCUT2D eigenvalue weighted by molar-refractivity contribution is -0.146. The van der Waals surface area contributed by atoms with Crippen molar-refractivity contribution in [2.45, 2.75) is 70.8 Å². The molecule has 0 spiro atoms. The first kappa shape index (κ1) is 30.2. The van der Waals surface area contributed by atoms with Gasteiger partial charge in [0.25, 0.3) is 0 Å². The van der Waals surface area contributed by atoms with E-state index < -0.39 is 23.8 Å². The van der Waals surface area contributed by atoms with Crippen molar-refractivity contribution >= 4 is 5.97 Å². The largest absolute Gasteiger partial charge is 0.491 e. The predicted octanol–water partition coefficient (Wildman–Crippen LogP) is 4.61. The summed E-state index contributed by atoms with van der Waals surface area (Å²) >= 11 is 0. The SMILES string of the molecule is CC(O)COc1cccc(C(C)(C)c2cccc(OC(C)(C)CC(O)COC(=O)CNCc3ccco3)c2)c1. The third kappa shape index (κ3) is 9.73. The Morgan fingerprint density at radius 3 is 2.26 bits per heavy atom. The lowest BCUT2D eigenvalue weighted by Gasteiger charge is -2.31. The number of furan rings is 1. The van der Waals surface area contributed by atoms with Crippen molar-refractivity contribution in [2.75, 3.05) is 19.8 Å². The average molecular weight is 540 g/mol. The molecule has 0 bridgehead atoms. The van der Waals surface area contributed by atoms with Crippen LogP contribution in [0.3, 0.4) is 0 Å². The van der Waals surface area contributed by atoms with Crippen molar-refractivity contribution in [1.29, 1.82) is 0 Å². The first-order valence-corrected chi connectivity index (χ1v) is 13.2. The van der Waals surface area contributed by atoms with E-state index in [9.17, 15) is 15.0 Å². The number of rotatable bonds is 15. The summed E-state index contributed by atoms with van der Waals surface area (Å²) in [5.74, 6) is 1.66. The molecular formula is C31H41NO7. The Morgan fingerprint density at radius 1 is 0.949 bits per heavy atom. The molecular weight excluding hydrogens is 498 g/mol. The van der Waals surface area contributed by atoms with E-state index in [1.807, 2.05) is 56.3 Å². The Morgan fingerprint density at radius 2 is 1.62 bits per heavy atom. The second kappa shape index (κ2) is 13.6. The minimum atomic E-state index is -0.877. The Hall–Kier alpha value is -3.33. The highest BCUT2D eigenvalue weighted by Crippen LogP contribution is 2.35. The van der Waals surface area contributed by atoms with Crippen LogP contribution in [-0.4, -0.2) is 53.7 Å². The van der Waals surface area contributed by atoms with Gasteiger partial charge >= 0.3 is 5.97 Å². The van der Waals surface area contributed by atoms with Crippen molar-refractivity contribution in [3.8, 4) is 11.5 Å². The number of carbonyl (C=O) groups is 1. The van der Waals surface area contributed by atoms with E-state index in [1.165, 1.54) is 0 Å². The number of aliphatic hydroxyl groups is 2. The highest BCUT2D eigenvalue weighted by Gasteiger charge is 2.27. The van der Waals surface area contributed by atoms with Crippen LogP contribution in [0.2, 0.25) is 0 Å². The number of ether oxygens (including phenoxy) is 3. The van der Waals surface area contributed by atoms with Crippen LogP contribution in [0.5, 0.6) is 11.5 Å². The van der Waals surface area contributed by atoms with Gasteiger partial charge in [-0.05, 0) is 68.3 Å². The first-order valence-electron chi connectivity index (χ1n) is 13.2. The third-order valence-corrected chi connectivity index (χ3v) is 6.31. The van der Waals surface area contributed by atoms with Crippen molar-refractivity contribution in [1.82, 2.24) is 5.32 Å². The molecule has 8 heteroatoms. The van der Waals surface area contributed by atoms with E-state index in [2.05, 4.69) is 31.3 Å². The fraction of sp³-hybridized carbons (Fsp3) is 0.452. The van der Waals surface area contributed by atoms with Crippen LogP contribution >= 0.6 is 0 Å². The van der Waals surface area contributed by atoms with Crippen LogP contribution < -0.4 is 14.8 Å². The zero-order valence-corrected chi connectivity index (χ0v) is 23.5. The molecule has 0 aliphatic carbocycles. The maximum Gasteiger partial charge on any atom is 0.320 e. The summed E-state index contributed by atoms with van der Waals surface area (Å²) in [6, 6.07) is 19.4. The number of carbonyl (C=O) groups excluding carboxylic acids is 1. The van der Waals surface area contributed by atoms with Crippen LogP contribution in [0.4, 0.5) is 0 Å². The highest BCUT2D eigenvalue weighted by atomic mass is 16.5. The van der Waals surface area contributed by atoms with Gasteiger partial charge < -0.3 is 28.8 Å². The van der Waals surface area contributed by atoms with Crippen LogP contribution in [-0.2, 0) is 21.5 Å². The monoisotopic (exact) mass is 539 g/mol. The number of hydrogen-bond acceptors (Lipinski definition) is 8. The fourth-order valence-corrected chi connectivity index (χ4v) is 4.23. The van der Waals surface area contributed by atoms with Gasteiger partial charge in [-0.3, -0.25) is 10.1 Å². The Bertz CT molecular complexity index is 1170. The summed E-state index contributed by atoms with van der Waals surface area (Å²) < 4.78 is 22.4. The molecule has 3 rings (SSSR count). The second-order valence-electron chi connectivity index (χ2n) is 10.9. The standard InChI is InChI=1S/C31H41NO7/c1-22(33)20-37-26-11-6-9-23(15-26)31(4,5)24-10-7-12-27(16-24)39-30(2,3)17-25(34)21-38-29(35)19-32-18-28-13-8-14-36-28/h6-16,22,25,32-34H,17-21H2,1-5H3. The molecule has 39 heavy (non-hydrogen) atoms. The lowest BCUT2D eigenvalue weighted by atomic mass is 9.78. The van der Waals surface area contributed by atoms with Gasteiger partial charge in [0, 0.05) is 11.8 Å². The lowest BCUT2D eigenvalue weighted by Crippen LogP contribution is -2.36. The third-order valence-electron chi connectivity index (χ3n) is 6.31. The normalized spacial score (nSPS) is 13.5. The Balaban J connectivity index is 1.54. The van der Waals surface area contributed by atoms with E-state index in [1.54, 1.807) is 19.3 Å². The van der Waals surface area contributed by atoms with Gasteiger partial charge in [0.2, 0.25) is 0 Å². The maximum atomic E-state index is 12.0. The molecule has 2 unspecified atom stereocenters. The number of nitrogens with one attached hydrogen (secondary N) is 1. The van der Waals surface area contributed by atoms with Crippen molar-refractivity contribution < 1.29 is 33.6 Å². The van der Waals surface area contributed by atoms with Crippen LogP contribution in [0.25, 0.3) is 0 Å². The molecule has 8 nitrogen and oxygen atoms in total. The predicted molar refractivity (Wildman–Crippen MR) is 149 cm³/mol. The molecule has 0 saturated heterocycles. The molecule has 0 saturated carbocycles. The number of hydrogen-bond donors (Lipinski definition) is 3. The van der Waals surface area contributed by atoms with Gasteiger partial charge in [-0.1, -0.05) is 38.1 Å². The minimum absolute atomic E-state index is 0.0193. The number of aliphatic hydroxyl groups excluding tert-OH is 2. The van der Waals surface area contributed by atoms with Crippen molar-refractivity contribution in [2.24, 2.45) is 0 Å². The van der Waals surface area contributed by atoms with Crippen LogP contribution in [0.15, 0.2) is 71.3 Å². The maximum absolute atomic E-state index is 12.0. The highest BCUT2D eigenvalue weighted by molar-refractivity contribution is 5.71. The fourth-order valence-electron chi connectivity index (χ4n) is 4.23. The molecule has 1 heterocycles.